The van der Waals surface area contributed by atoms with E-state index in [-0.39, 0.29) is 6.42 Å². The van der Waals surface area contributed by atoms with E-state index in [1.165, 1.54) is 6.07 Å². The first-order chi connectivity index (χ1) is 8.45. The molecule has 0 aliphatic heterocycles. The molecule has 0 aromatic heterocycles. The van der Waals surface area contributed by atoms with Crippen molar-refractivity contribution in [2.75, 3.05) is 0 Å². The Balaban J connectivity index is 2.84. The fourth-order valence-corrected chi connectivity index (χ4v) is 1.47. The smallest absolute Gasteiger partial charge is 0.327 e. The molecule has 0 aliphatic carbocycles. The van der Waals surface area contributed by atoms with E-state index in [0.29, 0.717) is 10.6 Å². The summed E-state index contributed by atoms with van der Waals surface area (Å²) in [4.78, 5) is 22.6. The quantitative estimate of drug-likeness (QED) is 0.817. The fourth-order valence-electron chi connectivity index (χ4n) is 1.29. The summed E-state index contributed by atoms with van der Waals surface area (Å²) in [5, 5.41) is 11.7. The standard InChI is InChI=1S/C13H12ClNO3/c1-3-4-11(13(17)18)15-12(16)9-6-5-8(2)10(14)7-9/h1,5-7,11H,4H2,2H3,(H,15,16)(H,17,18). The molecule has 0 spiro atoms. The number of benzene rings is 1. The van der Waals surface area contributed by atoms with Crippen molar-refractivity contribution in [1.82, 2.24) is 5.32 Å². The molecule has 1 amide bonds. The predicted molar refractivity (Wildman–Crippen MR) is 68.5 cm³/mol. The van der Waals surface area contributed by atoms with Crippen molar-refractivity contribution in [3.05, 3.63) is 34.3 Å². The Labute approximate surface area is 110 Å². The summed E-state index contributed by atoms with van der Waals surface area (Å²) < 4.78 is 0. The first-order valence-corrected chi connectivity index (χ1v) is 5.56. The number of aryl methyl sites for hydroxylation is 1. The van der Waals surface area contributed by atoms with Crippen LogP contribution in [0, 0.1) is 19.3 Å². The van der Waals surface area contributed by atoms with Gasteiger partial charge in [-0.15, -0.1) is 12.3 Å². The van der Waals surface area contributed by atoms with Crippen LogP contribution in [-0.4, -0.2) is 23.0 Å². The number of hydrogen-bond acceptors (Lipinski definition) is 2. The average Bonchev–Trinajstić information content (AvgIpc) is 2.31. The normalized spacial score (nSPS) is 11.4. The van der Waals surface area contributed by atoms with E-state index in [1.807, 2.05) is 6.92 Å². The minimum absolute atomic E-state index is 0.0688. The van der Waals surface area contributed by atoms with Gasteiger partial charge in [-0.05, 0) is 24.6 Å². The Bertz CT molecular complexity index is 519. The molecule has 0 bridgehead atoms. The monoisotopic (exact) mass is 265 g/mol. The molecule has 1 aromatic rings. The van der Waals surface area contributed by atoms with Gasteiger partial charge in [0.2, 0.25) is 0 Å². The molecule has 2 N–H and O–H groups in total. The molecule has 1 rings (SSSR count). The fraction of sp³-hybridized carbons (Fsp3) is 0.231. The lowest BCUT2D eigenvalue weighted by molar-refractivity contribution is -0.139. The summed E-state index contributed by atoms with van der Waals surface area (Å²) >= 11 is 5.89. The average molecular weight is 266 g/mol. The van der Waals surface area contributed by atoms with Gasteiger partial charge < -0.3 is 10.4 Å². The lowest BCUT2D eigenvalue weighted by atomic mass is 10.1. The van der Waals surface area contributed by atoms with Gasteiger partial charge in [0.1, 0.15) is 6.04 Å². The molecule has 5 heteroatoms. The number of carboxylic acids is 1. The van der Waals surface area contributed by atoms with Crippen LogP contribution in [0.4, 0.5) is 0 Å². The summed E-state index contributed by atoms with van der Waals surface area (Å²) in [5.74, 6) is 0.523. The molecular formula is C13H12ClNO3. The summed E-state index contributed by atoms with van der Waals surface area (Å²) in [6.45, 7) is 1.81. The zero-order chi connectivity index (χ0) is 13.7. The van der Waals surface area contributed by atoms with Crippen molar-refractivity contribution in [3.63, 3.8) is 0 Å². The molecule has 0 saturated heterocycles. The van der Waals surface area contributed by atoms with E-state index in [9.17, 15) is 9.59 Å². The maximum atomic E-state index is 11.8. The van der Waals surface area contributed by atoms with Gasteiger partial charge in [0.25, 0.3) is 5.91 Å². The minimum Gasteiger partial charge on any atom is -0.480 e. The van der Waals surface area contributed by atoms with Crippen LogP contribution >= 0.6 is 11.6 Å². The van der Waals surface area contributed by atoms with Gasteiger partial charge in [-0.25, -0.2) is 4.79 Å². The lowest BCUT2D eigenvalue weighted by Crippen LogP contribution is -2.40. The third kappa shape index (κ3) is 3.51. The molecule has 0 fully saturated rings. The van der Waals surface area contributed by atoms with E-state index in [2.05, 4.69) is 11.2 Å². The zero-order valence-electron chi connectivity index (χ0n) is 9.74. The largest absolute Gasteiger partial charge is 0.480 e. The third-order valence-electron chi connectivity index (χ3n) is 2.36. The molecule has 1 atom stereocenters. The van der Waals surface area contributed by atoms with Gasteiger partial charge in [0, 0.05) is 17.0 Å². The summed E-state index contributed by atoms with van der Waals surface area (Å²) in [5.41, 5.74) is 1.14. The lowest BCUT2D eigenvalue weighted by Gasteiger charge is -2.12. The number of hydrogen-bond donors (Lipinski definition) is 2. The van der Waals surface area contributed by atoms with E-state index in [4.69, 9.17) is 23.1 Å². The maximum Gasteiger partial charge on any atom is 0.327 e. The second-order valence-electron chi connectivity index (χ2n) is 3.74. The summed E-state index contributed by atoms with van der Waals surface area (Å²) in [6, 6.07) is 3.66. The Hall–Kier alpha value is -1.99. The van der Waals surface area contributed by atoms with Gasteiger partial charge in [-0.1, -0.05) is 17.7 Å². The van der Waals surface area contributed by atoms with Gasteiger partial charge in [-0.2, -0.15) is 0 Å². The van der Waals surface area contributed by atoms with Gasteiger partial charge in [0.15, 0.2) is 0 Å². The van der Waals surface area contributed by atoms with Crippen LogP contribution in [0.15, 0.2) is 18.2 Å². The number of amides is 1. The van der Waals surface area contributed by atoms with Gasteiger partial charge in [0.05, 0.1) is 0 Å². The summed E-state index contributed by atoms with van der Waals surface area (Å²) in [7, 11) is 0. The molecular weight excluding hydrogens is 254 g/mol. The van der Waals surface area contributed by atoms with Gasteiger partial charge in [-0.3, -0.25) is 4.79 Å². The number of halogens is 1. The van der Waals surface area contributed by atoms with Crippen LogP contribution in [0.2, 0.25) is 5.02 Å². The third-order valence-corrected chi connectivity index (χ3v) is 2.77. The van der Waals surface area contributed by atoms with Crippen molar-refractivity contribution in [3.8, 4) is 12.3 Å². The minimum atomic E-state index is -1.17. The van der Waals surface area contributed by atoms with E-state index >= 15 is 0 Å². The Morgan fingerprint density at radius 2 is 2.22 bits per heavy atom. The highest BCUT2D eigenvalue weighted by molar-refractivity contribution is 6.31. The number of aliphatic carboxylic acids is 1. The molecule has 0 aliphatic rings. The Morgan fingerprint density at radius 3 is 2.72 bits per heavy atom. The highest BCUT2D eigenvalue weighted by atomic mass is 35.5. The van der Waals surface area contributed by atoms with E-state index < -0.39 is 17.9 Å². The maximum absolute atomic E-state index is 11.8. The van der Waals surface area contributed by atoms with E-state index in [1.54, 1.807) is 12.1 Å². The van der Waals surface area contributed by atoms with Crippen molar-refractivity contribution >= 4 is 23.5 Å². The number of nitrogens with one attached hydrogen (secondary N) is 1. The number of carboxylic acid groups (broad SMARTS) is 1. The highest BCUT2D eigenvalue weighted by Crippen LogP contribution is 2.16. The molecule has 1 unspecified atom stereocenters. The summed E-state index contributed by atoms with van der Waals surface area (Å²) in [6.07, 6.45) is 4.97. The molecule has 0 heterocycles. The number of terminal acetylenes is 1. The molecule has 18 heavy (non-hydrogen) atoms. The molecule has 0 radical (unpaired) electrons. The first-order valence-electron chi connectivity index (χ1n) is 5.19. The second-order valence-corrected chi connectivity index (χ2v) is 4.14. The van der Waals surface area contributed by atoms with Crippen LogP contribution in [0.3, 0.4) is 0 Å². The Kier molecular flexibility index (Phi) is 4.75. The van der Waals surface area contributed by atoms with Gasteiger partial charge >= 0.3 is 5.97 Å². The first kappa shape index (κ1) is 14.1. The number of carbonyl (C=O) groups is 2. The molecule has 0 saturated carbocycles. The van der Waals surface area contributed by atoms with Crippen molar-refractivity contribution in [2.24, 2.45) is 0 Å². The predicted octanol–water partition coefficient (Wildman–Crippen LogP) is 1.85. The van der Waals surface area contributed by atoms with Crippen LogP contribution in [0.1, 0.15) is 22.3 Å². The van der Waals surface area contributed by atoms with Crippen LogP contribution in [0.5, 0.6) is 0 Å². The molecule has 4 nitrogen and oxygen atoms in total. The van der Waals surface area contributed by atoms with Crippen LogP contribution < -0.4 is 5.32 Å². The number of rotatable bonds is 4. The number of carbonyl (C=O) groups excluding carboxylic acids is 1. The Morgan fingerprint density at radius 1 is 1.56 bits per heavy atom. The molecule has 1 aromatic carbocycles. The van der Waals surface area contributed by atoms with E-state index in [0.717, 1.165) is 5.56 Å². The van der Waals surface area contributed by atoms with Crippen molar-refractivity contribution < 1.29 is 14.7 Å². The van der Waals surface area contributed by atoms with Crippen LogP contribution in [0.25, 0.3) is 0 Å². The zero-order valence-corrected chi connectivity index (χ0v) is 10.5. The topological polar surface area (TPSA) is 66.4 Å². The van der Waals surface area contributed by atoms with Crippen LogP contribution in [-0.2, 0) is 4.79 Å². The highest BCUT2D eigenvalue weighted by Gasteiger charge is 2.19. The second kappa shape index (κ2) is 6.08. The SMILES string of the molecule is C#CCC(NC(=O)c1ccc(C)c(Cl)c1)C(=O)O. The van der Waals surface area contributed by atoms with Crippen molar-refractivity contribution in [2.45, 2.75) is 19.4 Å². The van der Waals surface area contributed by atoms with Crippen molar-refractivity contribution in [1.29, 1.82) is 0 Å². The molecule has 94 valence electrons.